The van der Waals surface area contributed by atoms with Crippen LogP contribution >= 0.6 is 27.7 Å². The molecule has 0 heterocycles. The molecule has 0 spiro atoms. The highest BCUT2D eigenvalue weighted by Gasteiger charge is 2.12. The van der Waals surface area contributed by atoms with Crippen molar-refractivity contribution in [2.45, 2.75) is 42.1 Å². The fourth-order valence-corrected chi connectivity index (χ4v) is 4.12. The standard InChI is InChI=1S/C17H17BrOS/c1-11(19)13-6-8-17(16(18)10-13)20-15-7-5-12-3-2-4-14(12)9-15/h5-11,19H,2-4H2,1H3/t11-/m1/s1. The maximum Gasteiger partial charge on any atom is 0.0762 e. The summed E-state index contributed by atoms with van der Waals surface area (Å²) < 4.78 is 1.04. The highest BCUT2D eigenvalue weighted by Crippen LogP contribution is 2.36. The summed E-state index contributed by atoms with van der Waals surface area (Å²) in [4.78, 5) is 2.48. The maximum absolute atomic E-state index is 9.61. The van der Waals surface area contributed by atoms with Crippen LogP contribution in [0.1, 0.15) is 36.1 Å². The third kappa shape index (κ3) is 2.95. The Labute approximate surface area is 132 Å². The molecule has 1 aliphatic carbocycles. The van der Waals surface area contributed by atoms with Crippen molar-refractivity contribution < 1.29 is 5.11 Å². The zero-order valence-electron chi connectivity index (χ0n) is 11.4. The van der Waals surface area contributed by atoms with Gasteiger partial charge in [0.2, 0.25) is 0 Å². The first kappa shape index (κ1) is 14.2. The van der Waals surface area contributed by atoms with Crippen LogP contribution < -0.4 is 0 Å². The first-order valence-electron chi connectivity index (χ1n) is 6.90. The van der Waals surface area contributed by atoms with Gasteiger partial charge >= 0.3 is 0 Å². The molecule has 0 radical (unpaired) electrons. The van der Waals surface area contributed by atoms with Crippen LogP contribution in [0.5, 0.6) is 0 Å². The van der Waals surface area contributed by atoms with E-state index in [1.54, 1.807) is 18.7 Å². The zero-order valence-corrected chi connectivity index (χ0v) is 13.8. The van der Waals surface area contributed by atoms with Crippen LogP contribution in [0.15, 0.2) is 50.7 Å². The molecule has 1 aliphatic rings. The van der Waals surface area contributed by atoms with Crippen LogP contribution in [0.2, 0.25) is 0 Å². The number of hydrogen-bond donors (Lipinski definition) is 1. The largest absolute Gasteiger partial charge is 0.389 e. The fraction of sp³-hybridized carbons (Fsp3) is 0.294. The minimum Gasteiger partial charge on any atom is -0.389 e. The van der Waals surface area contributed by atoms with Gasteiger partial charge in [0.15, 0.2) is 0 Å². The second-order valence-electron chi connectivity index (χ2n) is 5.25. The highest BCUT2D eigenvalue weighted by molar-refractivity contribution is 9.10. The molecule has 0 aliphatic heterocycles. The second-order valence-corrected chi connectivity index (χ2v) is 7.22. The second kappa shape index (κ2) is 5.92. The van der Waals surface area contributed by atoms with Crippen LogP contribution in [-0.2, 0) is 12.8 Å². The molecule has 0 aromatic heterocycles. The highest BCUT2D eigenvalue weighted by atomic mass is 79.9. The van der Waals surface area contributed by atoms with Gasteiger partial charge in [-0.3, -0.25) is 0 Å². The Morgan fingerprint density at radius 2 is 1.90 bits per heavy atom. The lowest BCUT2D eigenvalue weighted by molar-refractivity contribution is 0.199. The van der Waals surface area contributed by atoms with Gasteiger partial charge in [-0.1, -0.05) is 23.9 Å². The summed E-state index contributed by atoms with van der Waals surface area (Å²) in [6.07, 6.45) is 3.31. The molecule has 2 aromatic carbocycles. The van der Waals surface area contributed by atoms with E-state index < -0.39 is 6.10 Å². The molecule has 0 fully saturated rings. The number of aliphatic hydroxyl groups excluding tert-OH is 1. The molecule has 0 unspecified atom stereocenters. The van der Waals surface area contributed by atoms with Gasteiger partial charge in [0.05, 0.1) is 6.10 Å². The SMILES string of the molecule is C[C@@H](O)c1ccc(Sc2ccc3c(c2)CCC3)c(Br)c1. The van der Waals surface area contributed by atoms with E-state index in [-0.39, 0.29) is 0 Å². The summed E-state index contributed by atoms with van der Waals surface area (Å²) in [5.74, 6) is 0. The summed E-state index contributed by atoms with van der Waals surface area (Å²) in [6, 6.07) is 12.9. The van der Waals surface area contributed by atoms with E-state index in [1.807, 2.05) is 12.1 Å². The number of fused-ring (bicyclic) bond motifs is 1. The Morgan fingerprint density at radius 1 is 1.10 bits per heavy atom. The average molecular weight is 349 g/mol. The molecule has 3 rings (SSSR count). The molecule has 1 N–H and O–H groups in total. The molecule has 0 amide bonds. The Bertz CT molecular complexity index is 637. The fourth-order valence-electron chi connectivity index (χ4n) is 2.60. The quantitative estimate of drug-likeness (QED) is 0.828. The van der Waals surface area contributed by atoms with Crippen LogP contribution in [0.25, 0.3) is 0 Å². The predicted octanol–water partition coefficient (Wildman–Crippen LogP) is 5.14. The molecule has 1 atom stereocenters. The van der Waals surface area contributed by atoms with E-state index in [9.17, 15) is 5.11 Å². The van der Waals surface area contributed by atoms with Crippen molar-refractivity contribution in [2.24, 2.45) is 0 Å². The minimum absolute atomic E-state index is 0.426. The van der Waals surface area contributed by atoms with Crippen LogP contribution in [-0.4, -0.2) is 5.11 Å². The molecule has 0 saturated heterocycles. The Kier molecular flexibility index (Phi) is 4.20. The number of rotatable bonds is 3. The van der Waals surface area contributed by atoms with Gasteiger partial charge in [-0.25, -0.2) is 0 Å². The summed E-state index contributed by atoms with van der Waals surface area (Å²) >= 11 is 5.38. The smallest absolute Gasteiger partial charge is 0.0762 e. The van der Waals surface area contributed by atoms with Crippen molar-refractivity contribution in [1.29, 1.82) is 0 Å². The van der Waals surface area contributed by atoms with E-state index in [0.717, 1.165) is 10.0 Å². The lowest BCUT2D eigenvalue weighted by Gasteiger charge is -2.10. The monoisotopic (exact) mass is 348 g/mol. The molecule has 20 heavy (non-hydrogen) atoms. The van der Waals surface area contributed by atoms with Gasteiger partial charge in [-0.2, -0.15) is 0 Å². The molecule has 0 saturated carbocycles. The van der Waals surface area contributed by atoms with Crippen molar-refractivity contribution in [3.8, 4) is 0 Å². The normalized spacial score (nSPS) is 15.2. The van der Waals surface area contributed by atoms with Crippen LogP contribution in [0.4, 0.5) is 0 Å². The van der Waals surface area contributed by atoms with Crippen molar-refractivity contribution >= 4 is 27.7 Å². The van der Waals surface area contributed by atoms with Crippen LogP contribution in [0, 0.1) is 0 Å². The van der Waals surface area contributed by atoms with E-state index in [0.29, 0.717) is 0 Å². The lowest BCUT2D eigenvalue weighted by Crippen LogP contribution is -1.91. The first-order chi connectivity index (χ1) is 9.63. The van der Waals surface area contributed by atoms with E-state index in [4.69, 9.17) is 0 Å². The molecule has 3 heteroatoms. The zero-order chi connectivity index (χ0) is 14.1. The third-order valence-corrected chi connectivity index (χ3v) is 5.72. The van der Waals surface area contributed by atoms with E-state index >= 15 is 0 Å². The number of benzene rings is 2. The number of aliphatic hydroxyl groups is 1. The van der Waals surface area contributed by atoms with Crippen molar-refractivity contribution in [1.82, 2.24) is 0 Å². The topological polar surface area (TPSA) is 20.2 Å². The van der Waals surface area contributed by atoms with E-state index in [1.165, 1.54) is 40.2 Å². The summed E-state index contributed by atoms with van der Waals surface area (Å²) in [5, 5.41) is 9.61. The summed E-state index contributed by atoms with van der Waals surface area (Å²) in [6.45, 7) is 1.79. The van der Waals surface area contributed by atoms with Crippen LogP contribution in [0.3, 0.4) is 0 Å². The number of halogens is 1. The van der Waals surface area contributed by atoms with Gasteiger partial charge in [-0.05, 0) is 83.1 Å². The van der Waals surface area contributed by atoms with Crippen molar-refractivity contribution in [3.05, 3.63) is 57.6 Å². The van der Waals surface area contributed by atoms with Gasteiger partial charge in [0.1, 0.15) is 0 Å². The van der Waals surface area contributed by atoms with Gasteiger partial charge in [-0.15, -0.1) is 0 Å². The van der Waals surface area contributed by atoms with Gasteiger partial charge < -0.3 is 5.11 Å². The molecule has 2 aromatic rings. The Morgan fingerprint density at radius 3 is 2.65 bits per heavy atom. The number of aryl methyl sites for hydroxylation is 2. The summed E-state index contributed by atoms with van der Waals surface area (Å²) in [5.41, 5.74) is 3.96. The molecular formula is C17H17BrOS. The Balaban J connectivity index is 1.84. The van der Waals surface area contributed by atoms with E-state index in [2.05, 4.69) is 40.2 Å². The van der Waals surface area contributed by atoms with Crippen molar-refractivity contribution in [3.63, 3.8) is 0 Å². The lowest BCUT2D eigenvalue weighted by atomic mass is 10.1. The molecular weight excluding hydrogens is 332 g/mol. The molecule has 1 nitrogen and oxygen atoms in total. The molecule has 0 bridgehead atoms. The average Bonchev–Trinajstić information content (AvgIpc) is 2.88. The third-order valence-electron chi connectivity index (χ3n) is 3.74. The van der Waals surface area contributed by atoms with Crippen molar-refractivity contribution in [2.75, 3.05) is 0 Å². The Hall–Kier alpha value is -0.770. The van der Waals surface area contributed by atoms with Gasteiger partial charge in [0.25, 0.3) is 0 Å². The predicted molar refractivity (Wildman–Crippen MR) is 87.4 cm³/mol. The summed E-state index contributed by atoms with van der Waals surface area (Å²) in [7, 11) is 0. The van der Waals surface area contributed by atoms with Gasteiger partial charge in [0, 0.05) is 14.3 Å². The maximum atomic E-state index is 9.61. The molecule has 104 valence electrons. The minimum atomic E-state index is -0.426. The number of hydrogen-bond acceptors (Lipinski definition) is 2. The first-order valence-corrected chi connectivity index (χ1v) is 8.51.